The predicted octanol–water partition coefficient (Wildman–Crippen LogP) is 1.58. The van der Waals surface area contributed by atoms with E-state index in [1.807, 2.05) is 0 Å². The molecule has 0 saturated carbocycles. The zero-order chi connectivity index (χ0) is 12.6. The summed E-state index contributed by atoms with van der Waals surface area (Å²) in [6.07, 6.45) is 0.977. The van der Waals surface area contributed by atoms with E-state index in [-0.39, 0.29) is 11.1 Å². The second kappa shape index (κ2) is 4.08. The Morgan fingerprint density at radius 2 is 1.88 bits per heavy atom. The van der Waals surface area contributed by atoms with Crippen molar-refractivity contribution in [3.63, 3.8) is 0 Å². The lowest BCUT2D eigenvalue weighted by molar-refractivity contribution is 0.0695. The maximum Gasteiger partial charge on any atom is 0.336 e. The standard InChI is InChI=1S/C12H12O5/c1-2-17-9-5-8(11(13)14)6-3-4-7(9)10(6)12(15)16/h5H,2-4H2,1H3,(H,13,14)(H,15,16). The number of aromatic carboxylic acids is 2. The molecule has 0 atom stereocenters. The molecular formula is C12H12O5. The van der Waals surface area contributed by atoms with E-state index in [9.17, 15) is 9.59 Å². The van der Waals surface area contributed by atoms with Crippen LogP contribution in [0, 0.1) is 0 Å². The number of carbonyl (C=O) groups is 2. The minimum Gasteiger partial charge on any atom is -0.494 e. The topological polar surface area (TPSA) is 83.8 Å². The highest BCUT2D eigenvalue weighted by Gasteiger charge is 2.30. The molecule has 90 valence electrons. The van der Waals surface area contributed by atoms with Gasteiger partial charge < -0.3 is 14.9 Å². The first-order chi connectivity index (χ1) is 8.06. The first kappa shape index (κ1) is 11.4. The van der Waals surface area contributed by atoms with Gasteiger partial charge in [0.25, 0.3) is 0 Å². The Morgan fingerprint density at radius 1 is 1.24 bits per heavy atom. The molecule has 0 heterocycles. The molecule has 0 radical (unpaired) electrons. The zero-order valence-corrected chi connectivity index (χ0v) is 9.32. The van der Waals surface area contributed by atoms with Gasteiger partial charge in [-0.3, -0.25) is 0 Å². The first-order valence-corrected chi connectivity index (χ1v) is 5.34. The van der Waals surface area contributed by atoms with Gasteiger partial charge in [-0.05, 0) is 31.4 Å². The number of hydrogen-bond donors (Lipinski definition) is 2. The van der Waals surface area contributed by atoms with Crippen molar-refractivity contribution in [1.82, 2.24) is 0 Å². The van der Waals surface area contributed by atoms with Gasteiger partial charge in [-0.2, -0.15) is 0 Å². The van der Waals surface area contributed by atoms with Gasteiger partial charge >= 0.3 is 11.9 Å². The van der Waals surface area contributed by atoms with E-state index in [1.165, 1.54) is 6.07 Å². The summed E-state index contributed by atoms with van der Waals surface area (Å²) in [5.74, 6) is -1.82. The van der Waals surface area contributed by atoms with Crippen LogP contribution in [0.1, 0.15) is 38.8 Å². The molecule has 0 aliphatic heterocycles. The lowest BCUT2D eigenvalue weighted by atomic mass is 10.0. The first-order valence-electron chi connectivity index (χ1n) is 5.34. The fraction of sp³-hybridized carbons (Fsp3) is 0.333. The number of benzene rings is 1. The molecule has 2 rings (SSSR count). The van der Waals surface area contributed by atoms with Crippen molar-refractivity contribution in [3.05, 3.63) is 28.3 Å². The maximum atomic E-state index is 11.2. The fourth-order valence-corrected chi connectivity index (χ4v) is 2.24. The fourth-order valence-electron chi connectivity index (χ4n) is 2.24. The van der Waals surface area contributed by atoms with Gasteiger partial charge in [0, 0.05) is 5.56 Å². The minimum atomic E-state index is -1.11. The van der Waals surface area contributed by atoms with Crippen molar-refractivity contribution in [2.45, 2.75) is 19.8 Å². The van der Waals surface area contributed by atoms with Gasteiger partial charge in [0.15, 0.2) is 0 Å². The number of hydrogen-bond acceptors (Lipinski definition) is 3. The van der Waals surface area contributed by atoms with E-state index in [1.54, 1.807) is 6.92 Å². The second-order valence-electron chi connectivity index (χ2n) is 3.80. The molecule has 5 heteroatoms. The quantitative estimate of drug-likeness (QED) is 0.829. The van der Waals surface area contributed by atoms with Crippen molar-refractivity contribution >= 4 is 11.9 Å². The van der Waals surface area contributed by atoms with Crippen LogP contribution in [0.15, 0.2) is 6.07 Å². The van der Waals surface area contributed by atoms with Crippen LogP contribution >= 0.6 is 0 Å². The van der Waals surface area contributed by atoms with E-state index in [0.717, 1.165) is 0 Å². The molecule has 0 fully saturated rings. The van der Waals surface area contributed by atoms with Crippen LogP contribution in [0.25, 0.3) is 0 Å². The summed E-state index contributed by atoms with van der Waals surface area (Å²) in [5.41, 5.74) is 1.16. The van der Waals surface area contributed by atoms with E-state index < -0.39 is 11.9 Å². The summed E-state index contributed by atoms with van der Waals surface area (Å²) in [6.45, 7) is 2.15. The van der Waals surface area contributed by atoms with E-state index in [0.29, 0.717) is 36.3 Å². The molecule has 0 amide bonds. The predicted molar refractivity (Wildman–Crippen MR) is 58.9 cm³/mol. The summed E-state index contributed by atoms with van der Waals surface area (Å²) in [7, 11) is 0. The number of carboxylic acid groups (broad SMARTS) is 2. The highest BCUT2D eigenvalue weighted by molar-refractivity contribution is 5.99. The molecule has 1 aromatic rings. The molecule has 2 N–H and O–H groups in total. The molecule has 0 spiro atoms. The van der Waals surface area contributed by atoms with Gasteiger partial charge in [0.1, 0.15) is 5.75 Å². The molecule has 1 aromatic carbocycles. The average molecular weight is 236 g/mol. The number of fused-ring (bicyclic) bond motifs is 2. The zero-order valence-electron chi connectivity index (χ0n) is 9.32. The SMILES string of the molecule is CCOc1cc(C(=O)O)c2c(C(=O)O)c1CC2. The van der Waals surface area contributed by atoms with Gasteiger partial charge in [0.05, 0.1) is 17.7 Å². The van der Waals surface area contributed by atoms with Crippen LogP contribution in [0.2, 0.25) is 0 Å². The summed E-state index contributed by atoms with van der Waals surface area (Å²) in [6, 6.07) is 1.43. The molecular weight excluding hydrogens is 224 g/mol. The van der Waals surface area contributed by atoms with E-state index >= 15 is 0 Å². The van der Waals surface area contributed by atoms with E-state index in [4.69, 9.17) is 14.9 Å². The third kappa shape index (κ3) is 1.73. The lowest BCUT2D eigenvalue weighted by Crippen LogP contribution is -2.09. The Hall–Kier alpha value is -2.04. The van der Waals surface area contributed by atoms with Crippen LogP contribution in [-0.2, 0) is 12.8 Å². The highest BCUT2D eigenvalue weighted by Crippen LogP contribution is 2.36. The Kier molecular flexibility index (Phi) is 2.75. The molecule has 1 aliphatic carbocycles. The van der Waals surface area contributed by atoms with Crippen LogP contribution in [0.5, 0.6) is 5.75 Å². The average Bonchev–Trinajstić information content (AvgIpc) is 2.60. The highest BCUT2D eigenvalue weighted by atomic mass is 16.5. The third-order valence-corrected chi connectivity index (χ3v) is 2.87. The number of carboxylic acids is 2. The molecule has 5 nitrogen and oxygen atoms in total. The molecule has 17 heavy (non-hydrogen) atoms. The van der Waals surface area contributed by atoms with Crippen molar-refractivity contribution < 1.29 is 24.5 Å². The molecule has 0 aromatic heterocycles. The second-order valence-corrected chi connectivity index (χ2v) is 3.80. The largest absolute Gasteiger partial charge is 0.494 e. The maximum absolute atomic E-state index is 11.2. The smallest absolute Gasteiger partial charge is 0.336 e. The summed E-state index contributed by atoms with van der Waals surface area (Å²) >= 11 is 0. The van der Waals surface area contributed by atoms with Crippen LogP contribution in [-0.4, -0.2) is 28.8 Å². The summed E-state index contributed by atoms with van der Waals surface area (Å²) in [4.78, 5) is 22.3. The molecule has 1 aliphatic rings. The number of ether oxygens (including phenoxy) is 1. The normalized spacial score (nSPS) is 12.5. The molecule has 0 unspecified atom stereocenters. The Bertz CT molecular complexity index is 504. The Labute approximate surface area is 97.6 Å². The van der Waals surface area contributed by atoms with Crippen molar-refractivity contribution in [1.29, 1.82) is 0 Å². The van der Waals surface area contributed by atoms with Crippen LogP contribution < -0.4 is 4.74 Å². The minimum absolute atomic E-state index is 0.0344. The van der Waals surface area contributed by atoms with Crippen molar-refractivity contribution in [2.24, 2.45) is 0 Å². The van der Waals surface area contributed by atoms with Gasteiger partial charge in [-0.1, -0.05) is 0 Å². The summed E-state index contributed by atoms with van der Waals surface area (Å²) in [5, 5.41) is 18.2. The van der Waals surface area contributed by atoms with Crippen molar-refractivity contribution in [2.75, 3.05) is 6.61 Å². The third-order valence-electron chi connectivity index (χ3n) is 2.87. The molecule has 0 saturated heterocycles. The lowest BCUT2D eigenvalue weighted by Gasteiger charge is -2.10. The van der Waals surface area contributed by atoms with Crippen LogP contribution in [0.3, 0.4) is 0 Å². The Morgan fingerprint density at radius 3 is 2.41 bits per heavy atom. The monoisotopic (exact) mass is 236 g/mol. The van der Waals surface area contributed by atoms with Gasteiger partial charge in [0.2, 0.25) is 0 Å². The van der Waals surface area contributed by atoms with Crippen LogP contribution in [0.4, 0.5) is 0 Å². The van der Waals surface area contributed by atoms with Crippen molar-refractivity contribution in [3.8, 4) is 5.75 Å². The summed E-state index contributed by atoms with van der Waals surface area (Å²) < 4.78 is 5.32. The van der Waals surface area contributed by atoms with E-state index in [2.05, 4.69) is 0 Å². The van der Waals surface area contributed by atoms with Gasteiger partial charge in [-0.15, -0.1) is 0 Å². The Balaban J connectivity index is 2.68. The molecule has 2 bridgehead atoms. The number of rotatable bonds is 4. The van der Waals surface area contributed by atoms with Gasteiger partial charge in [-0.25, -0.2) is 9.59 Å².